The maximum atomic E-state index is 5.32. The Morgan fingerprint density at radius 3 is 2.72 bits per heavy atom. The molecule has 0 aliphatic carbocycles. The smallest absolute Gasteiger partial charge is 0.0598 e. The van der Waals surface area contributed by atoms with Crippen molar-refractivity contribution in [1.82, 2.24) is 15.1 Å². The molecule has 4 nitrogen and oxygen atoms in total. The summed E-state index contributed by atoms with van der Waals surface area (Å²) in [6.45, 7) is 6.99. The van der Waals surface area contributed by atoms with Gasteiger partial charge in [0.25, 0.3) is 0 Å². The average molecular weight is 253 g/mol. The summed E-state index contributed by atoms with van der Waals surface area (Å²) in [5, 5.41) is 3.63. The van der Waals surface area contributed by atoms with Gasteiger partial charge in [-0.1, -0.05) is 5.92 Å². The second-order valence-corrected chi connectivity index (χ2v) is 5.00. The molecule has 1 N–H and O–H groups in total. The Morgan fingerprint density at radius 1 is 1.39 bits per heavy atom. The van der Waals surface area contributed by atoms with E-state index in [-0.39, 0.29) is 0 Å². The molecule has 1 saturated heterocycles. The molecule has 0 aromatic rings. The van der Waals surface area contributed by atoms with Gasteiger partial charge in [-0.05, 0) is 19.9 Å². The minimum absolute atomic E-state index is 0.662. The van der Waals surface area contributed by atoms with E-state index in [1.807, 2.05) is 0 Å². The fourth-order valence-electron chi connectivity index (χ4n) is 2.24. The molecule has 18 heavy (non-hydrogen) atoms. The second kappa shape index (κ2) is 9.35. The van der Waals surface area contributed by atoms with Crippen molar-refractivity contribution in [2.45, 2.75) is 18.9 Å². The predicted molar refractivity (Wildman–Crippen MR) is 75.7 cm³/mol. The van der Waals surface area contributed by atoms with E-state index in [1.54, 1.807) is 7.11 Å². The Hall–Kier alpha value is -0.600. The first-order valence-electron chi connectivity index (χ1n) is 6.83. The highest BCUT2D eigenvalue weighted by Crippen LogP contribution is 2.09. The van der Waals surface area contributed by atoms with Crippen LogP contribution in [0.5, 0.6) is 0 Å². The summed E-state index contributed by atoms with van der Waals surface area (Å²) >= 11 is 0. The molecule has 0 atom stereocenters. The zero-order valence-corrected chi connectivity index (χ0v) is 11.8. The first-order chi connectivity index (χ1) is 8.76. The summed E-state index contributed by atoms with van der Waals surface area (Å²) in [4.78, 5) is 4.65. The van der Waals surface area contributed by atoms with Gasteiger partial charge < -0.3 is 15.0 Å². The Labute approximate surface area is 112 Å². The van der Waals surface area contributed by atoms with E-state index in [2.05, 4.69) is 28.1 Å². The Bertz CT molecular complexity index is 244. The number of terminal acetylenes is 1. The Balaban J connectivity index is 2.02. The average Bonchev–Trinajstić information content (AvgIpc) is 2.39. The zero-order chi connectivity index (χ0) is 13.2. The quantitative estimate of drug-likeness (QED) is 0.628. The highest BCUT2D eigenvalue weighted by Gasteiger charge is 2.17. The first kappa shape index (κ1) is 15.5. The van der Waals surface area contributed by atoms with Crippen LogP contribution in [-0.2, 0) is 4.74 Å². The molecule has 0 saturated carbocycles. The summed E-state index contributed by atoms with van der Waals surface area (Å²) < 4.78 is 5.06. The van der Waals surface area contributed by atoms with Gasteiger partial charge in [-0.2, -0.15) is 0 Å². The number of ether oxygens (including phenoxy) is 1. The third-order valence-corrected chi connectivity index (χ3v) is 3.51. The van der Waals surface area contributed by atoms with Crippen LogP contribution in [0, 0.1) is 12.3 Å². The molecule has 1 fully saturated rings. The van der Waals surface area contributed by atoms with E-state index in [1.165, 1.54) is 12.8 Å². The third-order valence-electron chi connectivity index (χ3n) is 3.51. The van der Waals surface area contributed by atoms with Gasteiger partial charge in [-0.3, -0.25) is 4.90 Å². The minimum Gasteiger partial charge on any atom is -0.383 e. The topological polar surface area (TPSA) is 27.7 Å². The normalized spacial score (nSPS) is 18.1. The lowest BCUT2D eigenvalue weighted by atomic mass is 10.1. The highest BCUT2D eigenvalue weighted by molar-refractivity contribution is 4.90. The molecule has 0 aromatic carbocycles. The SMILES string of the molecule is C#CCN1CCC(NCCN(C)CCOC)CC1. The Kier molecular flexibility index (Phi) is 8.03. The molecule has 0 radical (unpaired) electrons. The summed E-state index contributed by atoms with van der Waals surface area (Å²) in [5.41, 5.74) is 0. The number of nitrogens with zero attached hydrogens (tertiary/aromatic N) is 2. The number of nitrogens with one attached hydrogen (secondary N) is 1. The molecule has 104 valence electrons. The van der Waals surface area contributed by atoms with Crippen molar-refractivity contribution in [2.24, 2.45) is 0 Å². The molecule has 1 aliphatic heterocycles. The number of hydrogen-bond donors (Lipinski definition) is 1. The van der Waals surface area contributed by atoms with Gasteiger partial charge in [0.05, 0.1) is 13.2 Å². The van der Waals surface area contributed by atoms with Crippen LogP contribution in [0.25, 0.3) is 0 Å². The predicted octanol–water partition coefficient (Wildman–Crippen LogP) is 0.252. The second-order valence-electron chi connectivity index (χ2n) is 5.00. The van der Waals surface area contributed by atoms with Crippen molar-refractivity contribution in [3.8, 4) is 12.3 Å². The molecule has 0 bridgehead atoms. The molecule has 1 rings (SSSR count). The van der Waals surface area contributed by atoms with Crippen LogP contribution in [0.3, 0.4) is 0 Å². The molecular weight excluding hydrogens is 226 g/mol. The molecule has 1 heterocycles. The monoisotopic (exact) mass is 253 g/mol. The summed E-state index contributed by atoms with van der Waals surface area (Å²) in [6, 6.07) is 0.662. The lowest BCUT2D eigenvalue weighted by Crippen LogP contribution is -2.44. The van der Waals surface area contributed by atoms with Crippen molar-refractivity contribution in [1.29, 1.82) is 0 Å². The maximum Gasteiger partial charge on any atom is 0.0598 e. The van der Waals surface area contributed by atoms with Gasteiger partial charge in [0.2, 0.25) is 0 Å². The van der Waals surface area contributed by atoms with Crippen molar-refractivity contribution >= 4 is 0 Å². The van der Waals surface area contributed by atoms with Gasteiger partial charge in [0.1, 0.15) is 0 Å². The molecule has 1 aliphatic rings. The summed E-state index contributed by atoms with van der Waals surface area (Å²) in [7, 11) is 3.88. The molecule has 0 unspecified atom stereocenters. The van der Waals surface area contributed by atoms with E-state index < -0.39 is 0 Å². The van der Waals surface area contributed by atoms with Gasteiger partial charge >= 0.3 is 0 Å². The maximum absolute atomic E-state index is 5.32. The van der Waals surface area contributed by atoms with Crippen molar-refractivity contribution in [3.63, 3.8) is 0 Å². The number of methoxy groups -OCH3 is 1. The lowest BCUT2D eigenvalue weighted by molar-refractivity contribution is 0.159. The lowest BCUT2D eigenvalue weighted by Gasteiger charge is -2.31. The zero-order valence-electron chi connectivity index (χ0n) is 11.8. The van der Waals surface area contributed by atoms with Crippen molar-refractivity contribution in [3.05, 3.63) is 0 Å². The van der Waals surface area contributed by atoms with Crippen LogP contribution in [0.15, 0.2) is 0 Å². The van der Waals surface area contributed by atoms with Crippen LogP contribution in [0.2, 0.25) is 0 Å². The largest absolute Gasteiger partial charge is 0.383 e. The van der Waals surface area contributed by atoms with Crippen molar-refractivity contribution in [2.75, 3.05) is 60.0 Å². The van der Waals surface area contributed by atoms with E-state index >= 15 is 0 Å². The van der Waals surface area contributed by atoms with Gasteiger partial charge in [0.15, 0.2) is 0 Å². The van der Waals surface area contributed by atoms with E-state index in [9.17, 15) is 0 Å². The van der Waals surface area contributed by atoms with Gasteiger partial charge in [0, 0.05) is 45.9 Å². The molecule has 4 heteroatoms. The van der Waals surface area contributed by atoms with Crippen LogP contribution in [-0.4, -0.2) is 75.9 Å². The number of piperidine rings is 1. The summed E-state index contributed by atoms with van der Waals surface area (Å²) in [5.74, 6) is 2.72. The van der Waals surface area contributed by atoms with E-state index in [4.69, 9.17) is 11.2 Å². The van der Waals surface area contributed by atoms with Crippen molar-refractivity contribution < 1.29 is 4.74 Å². The standard InChI is InChI=1S/C14H27N3O/c1-4-8-17-9-5-14(6-10-17)15-7-11-16(2)12-13-18-3/h1,14-15H,5-13H2,2-3H3. The molecule has 0 spiro atoms. The van der Waals surface area contributed by atoms with Gasteiger partial charge in [-0.15, -0.1) is 6.42 Å². The third kappa shape index (κ3) is 6.36. The fourth-order valence-corrected chi connectivity index (χ4v) is 2.24. The van der Waals surface area contributed by atoms with Crippen LogP contribution < -0.4 is 5.32 Å². The number of likely N-dealkylation sites (tertiary alicyclic amines) is 1. The van der Waals surface area contributed by atoms with Crippen LogP contribution >= 0.6 is 0 Å². The fraction of sp³-hybridized carbons (Fsp3) is 0.857. The summed E-state index contributed by atoms with van der Waals surface area (Å²) in [6.07, 6.45) is 7.75. The number of hydrogen-bond acceptors (Lipinski definition) is 4. The molecular formula is C14H27N3O. The molecule has 0 aromatic heterocycles. The van der Waals surface area contributed by atoms with Crippen LogP contribution in [0.1, 0.15) is 12.8 Å². The number of rotatable bonds is 8. The highest BCUT2D eigenvalue weighted by atomic mass is 16.5. The van der Waals surface area contributed by atoms with E-state index in [0.717, 1.165) is 45.9 Å². The Morgan fingerprint density at radius 2 is 2.11 bits per heavy atom. The molecule has 0 amide bonds. The minimum atomic E-state index is 0.662. The first-order valence-corrected chi connectivity index (χ1v) is 6.83. The van der Waals surface area contributed by atoms with Crippen LogP contribution in [0.4, 0.5) is 0 Å². The number of likely N-dealkylation sites (N-methyl/N-ethyl adjacent to an activating group) is 1. The van der Waals surface area contributed by atoms with Gasteiger partial charge in [-0.25, -0.2) is 0 Å². The van der Waals surface area contributed by atoms with E-state index in [0.29, 0.717) is 6.04 Å².